The Bertz CT molecular complexity index is 935. The van der Waals surface area contributed by atoms with Crippen LogP contribution in [0.15, 0.2) is 41.3 Å². The Hall–Kier alpha value is -2.12. The van der Waals surface area contributed by atoms with Gasteiger partial charge in [-0.3, -0.25) is 0 Å². The standard InChI is InChI=1S/C21H27FN2O3S/c1-15(2)19-14-21(20(27-4)13-16(19)3)28(25,26)24-11-9-23(10-12-24)18-7-5-17(22)6-8-18/h5-8,13-15H,9-12H2,1-4H3. The van der Waals surface area contributed by atoms with E-state index >= 15 is 0 Å². The molecule has 1 saturated heterocycles. The molecule has 1 heterocycles. The van der Waals surface area contributed by atoms with E-state index in [4.69, 9.17) is 4.74 Å². The molecule has 1 fully saturated rings. The maximum Gasteiger partial charge on any atom is 0.246 e. The molecule has 1 aliphatic heterocycles. The first-order valence-electron chi connectivity index (χ1n) is 9.43. The van der Waals surface area contributed by atoms with E-state index in [9.17, 15) is 12.8 Å². The van der Waals surface area contributed by atoms with Crippen molar-refractivity contribution in [2.75, 3.05) is 38.2 Å². The summed E-state index contributed by atoms with van der Waals surface area (Å²) in [4.78, 5) is 2.29. The maximum atomic E-state index is 13.3. The summed E-state index contributed by atoms with van der Waals surface area (Å²) in [6, 6.07) is 9.83. The van der Waals surface area contributed by atoms with Crippen molar-refractivity contribution in [2.24, 2.45) is 0 Å². The molecule has 0 N–H and O–H groups in total. The minimum Gasteiger partial charge on any atom is -0.495 e. The van der Waals surface area contributed by atoms with E-state index in [1.807, 2.05) is 20.8 Å². The van der Waals surface area contributed by atoms with E-state index in [0.717, 1.165) is 16.8 Å². The number of aryl methyl sites for hydroxylation is 1. The van der Waals surface area contributed by atoms with Crippen LogP contribution in [-0.2, 0) is 10.0 Å². The number of hydrogen-bond acceptors (Lipinski definition) is 4. The van der Waals surface area contributed by atoms with E-state index < -0.39 is 10.0 Å². The Labute approximate surface area is 166 Å². The van der Waals surface area contributed by atoms with Gasteiger partial charge in [-0.1, -0.05) is 13.8 Å². The normalized spacial score (nSPS) is 15.9. The minimum absolute atomic E-state index is 0.218. The average molecular weight is 407 g/mol. The highest BCUT2D eigenvalue weighted by atomic mass is 32.2. The Balaban J connectivity index is 1.84. The van der Waals surface area contributed by atoms with Crippen LogP contribution in [0.25, 0.3) is 0 Å². The van der Waals surface area contributed by atoms with Crippen LogP contribution in [0, 0.1) is 12.7 Å². The number of methoxy groups -OCH3 is 1. The highest BCUT2D eigenvalue weighted by Gasteiger charge is 2.31. The van der Waals surface area contributed by atoms with E-state index in [1.165, 1.54) is 23.5 Å². The van der Waals surface area contributed by atoms with Crippen LogP contribution in [0.4, 0.5) is 10.1 Å². The van der Waals surface area contributed by atoms with Gasteiger partial charge in [0.05, 0.1) is 7.11 Å². The molecule has 3 rings (SSSR count). The largest absolute Gasteiger partial charge is 0.495 e. The van der Waals surface area contributed by atoms with Gasteiger partial charge < -0.3 is 9.64 Å². The van der Waals surface area contributed by atoms with E-state index in [2.05, 4.69) is 4.90 Å². The van der Waals surface area contributed by atoms with Gasteiger partial charge in [-0.2, -0.15) is 4.31 Å². The van der Waals surface area contributed by atoms with Crippen LogP contribution in [0.3, 0.4) is 0 Å². The van der Waals surface area contributed by atoms with Gasteiger partial charge >= 0.3 is 0 Å². The number of ether oxygens (including phenoxy) is 1. The molecule has 0 aromatic heterocycles. The monoisotopic (exact) mass is 406 g/mol. The zero-order valence-corrected chi connectivity index (χ0v) is 17.6. The predicted molar refractivity (Wildman–Crippen MR) is 109 cm³/mol. The van der Waals surface area contributed by atoms with Gasteiger partial charge in [0.2, 0.25) is 10.0 Å². The topological polar surface area (TPSA) is 49.9 Å². The summed E-state index contributed by atoms with van der Waals surface area (Å²) < 4.78 is 46.7. The van der Waals surface area contributed by atoms with Gasteiger partial charge in [-0.05, 0) is 60.4 Å². The van der Waals surface area contributed by atoms with Gasteiger partial charge in [-0.15, -0.1) is 0 Å². The first kappa shape index (κ1) is 20.6. The smallest absolute Gasteiger partial charge is 0.246 e. The summed E-state index contributed by atoms with van der Waals surface area (Å²) in [6.45, 7) is 7.91. The lowest BCUT2D eigenvalue weighted by atomic mass is 9.98. The molecule has 28 heavy (non-hydrogen) atoms. The molecule has 2 aromatic rings. The molecule has 0 aliphatic carbocycles. The lowest BCUT2D eigenvalue weighted by Crippen LogP contribution is -2.48. The van der Waals surface area contributed by atoms with Gasteiger partial charge in [0.1, 0.15) is 16.5 Å². The summed E-state index contributed by atoms with van der Waals surface area (Å²) in [7, 11) is -2.17. The summed E-state index contributed by atoms with van der Waals surface area (Å²) in [6.07, 6.45) is 0. The highest BCUT2D eigenvalue weighted by Crippen LogP contribution is 2.33. The van der Waals surface area contributed by atoms with Gasteiger partial charge in [-0.25, -0.2) is 12.8 Å². The second-order valence-electron chi connectivity index (χ2n) is 7.38. The molecule has 0 amide bonds. The minimum atomic E-state index is -3.67. The van der Waals surface area contributed by atoms with Crippen LogP contribution >= 0.6 is 0 Å². The van der Waals surface area contributed by atoms with Crippen LogP contribution < -0.4 is 9.64 Å². The molecule has 5 nitrogen and oxygen atoms in total. The van der Waals surface area contributed by atoms with Crippen molar-refractivity contribution in [1.82, 2.24) is 4.31 Å². The number of nitrogens with zero attached hydrogens (tertiary/aromatic N) is 2. The third-order valence-electron chi connectivity index (χ3n) is 5.22. The van der Waals surface area contributed by atoms with Crippen LogP contribution in [-0.4, -0.2) is 46.0 Å². The molecule has 0 bridgehead atoms. The first-order valence-corrected chi connectivity index (χ1v) is 10.9. The molecular weight excluding hydrogens is 379 g/mol. The van der Waals surface area contributed by atoms with Gasteiger partial charge in [0.15, 0.2) is 0 Å². The third-order valence-corrected chi connectivity index (χ3v) is 7.14. The fourth-order valence-corrected chi connectivity index (χ4v) is 5.23. The van der Waals surface area contributed by atoms with Gasteiger partial charge in [0.25, 0.3) is 0 Å². The van der Waals surface area contributed by atoms with Crippen LogP contribution in [0.5, 0.6) is 5.75 Å². The predicted octanol–water partition coefficient (Wildman–Crippen LogP) is 3.78. The van der Waals surface area contributed by atoms with Crippen molar-refractivity contribution in [3.63, 3.8) is 0 Å². The molecule has 0 radical (unpaired) electrons. The first-order chi connectivity index (χ1) is 13.2. The summed E-state index contributed by atoms with van der Waals surface area (Å²) in [5.74, 6) is 0.315. The number of anilines is 1. The quantitative estimate of drug-likeness (QED) is 0.758. The van der Waals surface area contributed by atoms with E-state index in [0.29, 0.717) is 31.9 Å². The Morgan fingerprint density at radius 1 is 1.04 bits per heavy atom. The molecule has 0 unspecified atom stereocenters. The summed E-state index contributed by atoms with van der Waals surface area (Å²) in [5.41, 5.74) is 2.92. The van der Waals surface area contributed by atoms with Gasteiger partial charge in [0, 0.05) is 31.9 Å². The summed E-state index contributed by atoms with van der Waals surface area (Å²) >= 11 is 0. The SMILES string of the molecule is COc1cc(C)c(C(C)C)cc1S(=O)(=O)N1CCN(c2ccc(F)cc2)CC1. The molecule has 0 spiro atoms. The second kappa shape index (κ2) is 8.09. The van der Waals surface area contributed by atoms with Crippen molar-refractivity contribution < 1.29 is 17.5 Å². The average Bonchev–Trinajstić information content (AvgIpc) is 2.68. The Morgan fingerprint density at radius 2 is 1.64 bits per heavy atom. The van der Waals surface area contributed by atoms with Crippen molar-refractivity contribution in [2.45, 2.75) is 31.6 Å². The molecule has 0 saturated carbocycles. The zero-order valence-electron chi connectivity index (χ0n) is 16.8. The van der Waals surface area contributed by atoms with Crippen molar-refractivity contribution in [3.8, 4) is 5.75 Å². The number of piperazine rings is 1. The number of halogens is 1. The van der Waals surface area contributed by atoms with Crippen molar-refractivity contribution in [1.29, 1.82) is 0 Å². The molecule has 0 atom stereocenters. The number of rotatable bonds is 5. The van der Waals surface area contributed by atoms with Crippen molar-refractivity contribution in [3.05, 3.63) is 53.3 Å². The fraction of sp³-hybridized carbons (Fsp3) is 0.429. The second-order valence-corrected chi connectivity index (χ2v) is 9.29. The molecule has 1 aliphatic rings. The maximum absolute atomic E-state index is 13.3. The van der Waals surface area contributed by atoms with Crippen LogP contribution in [0.2, 0.25) is 0 Å². The zero-order chi connectivity index (χ0) is 20.5. The number of sulfonamides is 1. The third kappa shape index (κ3) is 4.00. The fourth-order valence-electron chi connectivity index (χ4n) is 3.64. The molecule has 152 valence electrons. The number of benzene rings is 2. The Morgan fingerprint density at radius 3 is 2.18 bits per heavy atom. The Kier molecular flexibility index (Phi) is 5.95. The lowest BCUT2D eigenvalue weighted by Gasteiger charge is -2.35. The number of hydrogen-bond donors (Lipinski definition) is 0. The van der Waals surface area contributed by atoms with Crippen LogP contribution in [0.1, 0.15) is 30.9 Å². The van der Waals surface area contributed by atoms with Crippen molar-refractivity contribution >= 4 is 15.7 Å². The summed E-state index contributed by atoms with van der Waals surface area (Å²) in [5, 5.41) is 0. The lowest BCUT2D eigenvalue weighted by molar-refractivity contribution is 0.374. The molecule has 2 aromatic carbocycles. The van der Waals surface area contributed by atoms with E-state index in [-0.39, 0.29) is 16.6 Å². The highest BCUT2D eigenvalue weighted by molar-refractivity contribution is 7.89. The molecule has 7 heteroatoms. The van der Waals surface area contributed by atoms with E-state index in [1.54, 1.807) is 24.3 Å². The molecular formula is C21H27FN2O3S.